The highest BCUT2D eigenvalue weighted by atomic mass is 31.2. The summed E-state index contributed by atoms with van der Waals surface area (Å²) >= 11 is 0. The zero-order valence-corrected chi connectivity index (χ0v) is 28.4. The van der Waals surface area contributed by atoms with Crippen LogP contribution in [-0.2, 0) is 4.57 Å². The van der Waals surface area contributed by atoms with Gasteiger partial charge in [-0.15, -0.1) is 0 Å². The highest BCUT2D eigenvalue weighted by molar-refractivity contribution is 7.86. The molecule has 244 valence electrons. The van der Waals surface area contributed by atoms with Crippen molar-refractivity contribution in [3.8, 4) is 34.4 Å². The van der Waals surface area contributed by atoms with Gasteiger partial charge in [0.15, 0.2) is 13.0 Å². The van der Waals surface area contributed by atoms with Crippen LogP contribution in [0.3, 0.4) is 0 Å². The van der Waals surface area contributed by atoms with Crippen LogP contribution in [0.2, 0.25) is 0 Å². The number of aromatic nitrogens is 7. The molecule has 0 saturated heterocycles. The minimum absolute atomic E-state index is 0.384. The largest absolute Gasteiger partial charge is 0.309 e. The van der Waals surface area contributed by atoms with Gasteiger partial charge in [0.2, 0.25) is 11.9 Å². The van der Waals surface area contributed by atoms with Crippen LogP contribution < -0.4 is 15.9 Å². The smallest absolute Gasteiger partial charge is 0.242 e. The van der Waals surface area contributed by atoms with Crippen LogP contribution in [0.25, 0.3) is 78.3 Å². The van der Waals surface area contributed by atoms with Gasteiger partial charge in [-0.25, -0.2) is 14.5 Å². The Hall–Kier alpha value is -6.76. The van der Waals surface area contributed by atoms with Crippen molar-refractivity contribution in [2.45, 2.75) is 0 Å². The van der Waals surface area contributed by atoms with Crippen LogP contribution in [0.15, 0.2) is 158 Å². The molecule has 1 unspecified atom stereocenters. The van der Waals surface area contributed by atoms with Gasteiger partial charge >= 0.3 is 0 Å². The predicted molar refractivity (Wildman–Crippen MR) is 208 cm³/mol. The Morgan fingerprint density at radius 1 is 0.442 bits per heavy atom. The van der Waals surface area contributed by atoms with Crippen LogP contribution >= 0.6 is 7.14 Å². The van der Waals surface area contributed by atoms with Crippen LogP contribution in [0.5, 0.6) is 0 Å². The first-order valence-electron chi connectivity index (χ1n) is 17.0. The maximum Gasteiger partial charge on any atom is 0.242 e. The third-order valence-corrected chi connectivity index (χ3v) is 13.3. The third kappa shape index (κ3) is 3.92. The van der Waals surface area contributed by atoms with Crippen molar-refractivity contribution in [1.29, 1.82) is 0 Å². The maximum atomic E-state index is 15.5. The second-order valence-electron chi connectivity index (χ2n) is 12.9. The molecule has 0 bridgehead atoms. The van der Waals surface area contributed by atoms with E-state index in [1.54, 1.807) is 12.4 Å². The van der Waals surface area contributed by atoms with E-state index in [0.717, 1.165) is 65.2 Å². The number of hydrogen-bond donors (Lipinski definition) is 0. The molecule has 5 aromatic carbocycles. The van der Waals surface area contributed by atoms with Crippen LogP contribution in [0.1, 0.15) is 0 Å². The predicted octanol–water partition coefficient (Wildman–Crippen LogP) is 8.14. The van der Waals surface area contributed by atoms with E-state index in [1.807, 2.05) is 108 Å². The number of para-hydroxylation sites is 2. The van der Waals surface area contributed by atoms with Crippen molar-refractivity contribution < 1.29 is 4.57 Å². The van der Waals surface area contributed by atoms with Gasteiger partial charge in [0.1, 0.15) is 11.3 Å². The molecule has 0 N–H and O–H groups in total. The van der Waals surface area contributed by atoms with E-state index in [4.69, 9.17) is 24.9 Å². The molecule has 0 amide bonds. The van der Waals surface area contributed by atoms with Crippen molar-refractivity contribution >= 4 is 66.9 Å². The summed E-state index contributed by atoms with van der Waals surface area (Å²) in [6.45, 7) is 0. The van der Waals surface area contributed by atoms with Crippen molar-refractivity contribution in [3.05, 3.63) is 158 Å². The molecule has 52 heavy (non-hydrogen) atoms. The Morgan fingerprint density at radius 3 is 1.67 bits per heavy atom. The topological polar surface area (TPSA) is 91.4 Å². The second kappa shape index (κ2) is 10.9. The standard InChI is InChI=1S/C43H26N7OP/c51-52(27-13-2-1-3-14-27)36-23-9-6-17-32(36)38-33(18-10-24-37(38)52)39-46-42(49-34-21-7-4-15-28(34)29-16-5-8-22-35(29)49)48-43(47-39)50-40-30(19-11-25-44-40)31-20-12-26-45-41(31)50/h1-26H. The number of nitrogens with zero attached hydrogens (tertiary/aromatic N) is 7. The molecule has 0 aliphatic carbocycles. The molecule has 0 radical (unpaired) electrons. The lowest BCUT2D eigenvalue weighted by Crippen LogP contribution is -2.20. The Labute approximate surface area is 297 Å². The van der Waals surface area contributed by atoms with E-state index >= 15 is 4.57 Å². The quantitative estimate of drug-likeness (QED) is 0.174. The molecule has 6 heterocycles. The van der Waals surface area contributed by atoms with Gasteiger partial charge in [0.05, 0.1) is 11.0 Å². The summed E-state index contributed by atoms with van der Waals surface area (Å²) < 4.78 is 19.5. The van der Waals surface area contributed by atoms with Crippen molar-refractivity contribution in [2.24, 2.45) is 0 Å². The molecule has 0 spiro atoms. The van der Waals surface area contributed by atoms with Gasteiger partial charge in [0, 0.05) is 61.0 Å². The van der Waals surface area contributed by atoms with E-state index < -0.39 is 7.14 Å². The fourth-order valence-corrected chi connectivity index (χ4v) is 11.0. The van der Waals surface area contributed by atoms with Crippen LogP contribution in [-0.4, -0.2) is 34.1 Å². The molecule has 11 rings (SSSR count). The zero-order valence-electron chi connectivity index (χ0n) is 27.5. The summed E-state index contributed by atoms with van der Waals surface area (Å²) in [5, 5.41) is 6.48. The molecular formula is C43H26N7OP. The molecule has 0 saturated carbocycles. The summed E-state index contributed by atoms with van der Waals surface area (Å²) in [7, 11) is -3.20. The molecule has 5 aromatic heterocycles. The minimum Gasteiger partial charge on any atom is -0.309 e. The van der Waals surface area contributed by atoms with E-state index in [9.17, 15) is 0 Å². The van der Waals surface area contributed by atoms with Gasteiger partial charge in [0.25, 0.3) is 0 Å². The summed E-state index contributed by atoms with van der Waals surface area (Å²) in [5.74, 6) is 1.29. The first kappa shape index (κ1) is 29.0. The van der Waals surface area contributed by atoms with Gasteiger partial charge < -0.3 is 4.57 Å². The molecule has 1 aliphatic heterocycles. The first-order valence-corrected chi connectivity index (χ1v) is 18.8. The molecule has 8 nitrogen and oxygen atoms in total. The molecular weight excluding hydrogens is 661 g/mol. The Morgan fingerprint density at radius 2 is 0.981 bits per heavy atom. The SMILES string of the molecule is O=P1(c2ccccc2)c2ccccc2-c2c(-c3nc(-n4c5ccccc5c5ccccc54)nc(-n4c5ncccc5c5cccnc54)n3)cccc21. The highest BCUT2D eigenvalue weighted by Crippen LogP contribution is 2.54. The third-order valence-electron chi connectivity index (χ3n) is 10.1. The number of pyridine rings is 2. The normalized spacial score (nSPS) is 15.1. The first-order chi connectivity index (χ1) is 25.7. The summed E-state index contributed by atoms with van der Waals surface area (Å²) in [5.41, 5.74) is 5.89. The van der Waals surface area contributed by atoms with Gasteiger partial charge in [-0.2, -0.15) is 15.0 Å². The van der Waals surface area contributed by atoms with E-state index in [1.165, 1.54) is 0 Å². The molecule has 1 atom stereocenters. The zero-order chi connectivity index (χ0) is 34.4. The van der Waals surface area contributed by atoms with E-state index in [0.29, 0.717) is 29.0 Å². The molecule has 10 aromatic rings. The number of benzene rings is 5. The lowest BCUT2D eigenvalue weighted by Gasteiger charge is -2.16. The average Bonchev–Trinajstić information content (AvgIpc) is 3.83. The van der Waals surface area contributed by atoms with E-state index in [-0.39, 0.29) is 0 Å². The second-order valence-corrected chi connectivity index (χ2v) is 15.6. The number of hydrogen-bond acceptors (Lipinski definition) is 6. The summed E-state index contributed by atoms with van der Waals surface area (Å²) in [4.78, 5) is 25.4. The lowest BCUT2D eigenvalue weighted by molar-refractivity contribution is 0.593. The molecule has 0 fully saturated rings. The fourth-order valence-electron chi connectivity index (χ4n) is 7.95. The monoisotopic (exact) mass is 687 g/mol. The van der Waals surface area contributed by atoms with Crippen LogP contribution in [0, 0.1) is 0 Å². The minimum atomic E-state index is -3.20. The maximum absolute atomic E-state index is 15.5. The van der Waals surface area contributed by atoms with Gasteiger partial charge in [-0.3, -0.25) is 4.57 Å². The van der Waals surface area contributed by atoms with Crippen LogP contribution in [0.4, 0.5) is 0 Å². The Kier molecular flexibility index (Phi) is 6.06. The number of fused-ring (bicyclic) bond motifs is 9. The highest BCUT2D eigenvalue weighted by Gasteiger charge is 2.41. The fraction of sp³-hybridized carbons (Fsp3) is 0. The van der Waals surface area contributed by atoms with Crippen molar-refractivity contribution in [1.82, 2.24) is 34.1 Å². The van der Waals surface area contributed by atoms with Crippen molar-refractivity contribution in [3.63, 3.8) is 0 Å². The van der Waals surface area contributed by atoms with Gasteiger partial charge in [-0.1, -0.05) is 109 Å². The molecule has 1 aliphatic rings. The lowest BCUT2D eigenvalue weighted by atomic mass is 9.99. The Balaban J connectivity index is 1.26. The van der Waals surface area contributed by atoms with E-state index in [2.05, 4.69) is 47.0 Å². The molecule has 9 heteroatoms. The summed E-state index contributed by atoms with van der Waals surface area (Å²) in [6, 6.07) is 48.3. The van der Waals surface area contributed by atoms with Crippen molar-refractivity contribution in [2.75, 3.05) is 0 Å². The van der Waals surface area contributed by atoms with Gasteiger partial charge in [-0.05, 0) is 42.0 Å². The number of rotatable bonds is 4. The average molecular weight is 688 g/mol. The summed E-state index contributed by atoms with van der Waals surface area (Å²) in [6.07, 6.45) is 3.55. The Bertz CT molecular complexity index is 2890.